The van der Waals surface area contributed by atoms with Crippen LogP contribution >= 0.6 is 11.8 Å². The van der Waals surface area contributed by atoms with Crippen molar-refractivity contribution in [1.82, 2.24) is 16.0 Å². The van der Waals surface area contributed by atoms with Gasteiger partial charge in [0.15, 0.2) is 0 Å². The first-order valence-corrected chi connectivity index (χ1v) is 10.8. The average molecular weight is 466 g/mol. The molecule has 31 heavy (non-hydrogen) atoms. The highest BCUT2D eigenvalue weighted by Gasteiger charge is 2.32. The Kier molecular flexibility index (Phi) is 13.4. The van der Waals surface area contributed by atoms with E-state index >= 15 is 0 Å². The second kappa shape index (κ2) is 14.6. The van der Waals surface area contributed by atoms with Gasteiger partial charge in [0, 0.05) is 6.42 Å². The fourth-order valence-electron chi connectivity index (χ4n) is 2.33. The Labute approximate surface area is 183 Å². The van der Waals surface area contributed by atoms with Crippen molar-refractivity contribution >= 4 is 41.4 Å². The third kappa shape index (κ3) is 11.0. The van der Waals surface area contributed by atoms with E-state index in [1.165, 1.54) is 18.7 Å². The first kappa shape index (κ1) is 28.6. The highest BCUT2D eigenvalue weighted by molar-refractivity contribution is 7.98. The van der Waals surface area contributed by atoms with E-state index in [4.69, 9.17) is 16.6 Å². The fraction of sp³-hybridized carbons (Fsp3) is 0.706. The predicted octanol–water partition coefficient (Wildman–Crippen LogP) is -3.76. The Hall–Kier alpha value is -2.42. The lowest BCUT2D eigenvalue weighted by Crippen LogP contribution is -2.60. The van der Waals surface area contributed by atoms with Gasteiger partial charge >= 0.3 is 5.97 Å². The van der Waals surface area contributed by atoms with Crippen LogP contribution in [0, 0.1) is 0 Å². The normalized spacial score (nSPS) is 15.6. The maximum Gasteiger partial charge on any atom is 0.326 e. The molecule has 4 amide bonds. The first-order valence-electron chi connectivity index (χ1n) is 9.40. The van der Waals surface area contributed by atoms with Crippen LogP contribution in [-0.4, -0.2) is 93.8 Å². The number of aliphatic hydroxyl groups is 2. The molecule has 10 N–H and O–H groups in total. The topological polar surface area (TPSA) is 234 Å². The Balaban J connectivity index is 5.32. The fourth-order valence-corrected chi connectivity index (χ4v) is 2.80. The molecule has 14 heteroatoms. The van der Waals surface area contributed by atoms with E-state index in [-0.39, 0.29) is 19.3 Å². The molecule has 0 saturated carbocycles. The van der Waals surface area contributed by atoms with Crippen LogP contribution in [-0.2, 0) is 24.0 Å². The second-order valence-electron chi connectivity index (χ2n) is 6.76. The number of nitrogens with one attached hydrogen (secondary N) is 3. The Bertz CT molecular complexity index is 648. The number of carbonyl (C=O) groups is 5. The van der Waals surface area contributed by atoms with Crippen molar-refractivity contribution in [2.24, 2.45) is 11.5 Å². The number of hydrogen-bond donors (Lipinski definition) is 8. The maximum atomic E-state index is 12.6. The molecule has 0 heterocycles. The number of rotatable bonds is 15. The van der Waals surface area contributed by atoms with Gasteiger partial charge in [-0.05, 0) is 31.8 Å². The van der Waals surface area contributed by atoms with E-state index in [0.29, 0.717) is 5.75 Å². The largest absolute Gasteiger partial charge is 0.480 e. The molecular formula is C17H31N5O8S. The first-order chi connectivity index (χ1) is 14.4. The molecule has 0 aliphatic carbocycles. The highest BCUT2D eigenvalue weighted by Crippen LogP contribution is 2.05. The van der Waals surface area contributed by atoms with Gasteiger partial charge in [-0.15, -0.1) is 0 Å². The van der Waals surface area contributed by atoms with Gasteiger partial charge in [0.2, 0.25) is 23.6 Å². The van der Waals surface area contributed by atoms with Gasteiger partial charge in [0.25, 0.3) is 0 Å². The standard InChI is InChI=1S/C17H31N5O8S/c1-8(24)13(16(28)21-11(17(29)30)3-4-12(19)25)22-15(27)10(5-6-31-2)20-14(26)9(18)7-23/h8-11,13,23-24H,3-7,18H2,1-2H3,(H2,19,25)(H,20,26)(H,21,28)(H,22,27)(H,29,30). The molecule has 0 aromatic heterocycles. The molecule has 13 nitrogen and oxygen atoms in total. The minimum Gasteiger partial charge on any atom is -0.480 e. The molecule has 0 radical (unpaired) electrons. The van der Waals surface area contributed by atoms with Gasteiger partial charge < -0.3 is 42.7 Å². The van der Waals surface area contributed by atoms with Gasteiger partial charge in [-0.1, -0.05) is 0 Å². The zero-order chi connectivity index (χ0) is 24.1. The van der Waals surface area contributed by atoms with Crippen LogP contribution in [0.2, 0.25) is 0 Å². The molecule has 0 aliphatic rings. The minimum absolute atomic E-state index is 0.168. The number of nitrogens with two attached hydrogens (primary N) is 2. The van der Waals surface area contributed by atoms with E-state index in [0.717, 1.165) is 0 Å². The number of carboxylic acids is 1. The summed E-state index contributed by atoms with van der Waals surface area (Å²) in [5, 5.41) is 34.9. The SMILES string of the molecule is CSCCC(NC(=O)C(N)CO)C(=O)NC(C(=O)NC(CCC(N)=O)C(=O)O)C(C)O. The molecule has 0 bridgehead atoms. The summed E-state index contributed by atoms with van der Waals surface area (Å²) in [5.74, 6) is -4.30. The smallest absolute Gasteiger partial charge is 0.326 e. The number of aliphatic carboxylic acids is 1. The van der Waals surface area contributed by atoms with Crippen LogP contribution in [0.25, 0.3) is 0 Å². The third-order valence-electron chi connectivity index (χ3n) is 4.13. The van der Waals surface area contributed by atoms with Crippen LogP contribution in [0.4, 0.5) is 0 Å². The zero-order valence-corrected chi connectivity index (χ0v) is 18.2. The van der Waals surface area contributed by atoms with E-state index < -0.39 is 66.5 Å². The minimum atomic E-state index is -1.54. The summed E-state index contributed by atoms with van der Waals surface area (Å²) in [6.07, 6.45) is -0.0350. The summed E-state index contributed by atoms with van der Waals surface area (Å²) in [4.78, 5) is 59.2. The number of aliphatic hydroxyl groups excluding tert-OH is 2. The summed E-state index contributed by atoms with van der Waals surface area (Å²) in [6, 6.07) is -5.37. The molecule has 0 aromatic rings. The van der Waals surface area contributed by atoms with Crippen LogP contribution in [0.3, 0.4) is 0 Å². The molecular weight excluding hydrogens is 434 g/mol. The lowest BCUT2D eigenvalue weighted by atomic mass is 10.1. The van der Waals surface area contributed by atoms with E-state index in [1.54, 1.807) is 6.26 Å². The Morgan fingerprint density at radius 3 is 2.00 bits per heavy atom. The number of thioether (sulfide) groups is 1. The number of amides is 4. The predicted molar refractivity (Wildman–Crippen MR) is 112 cm³/mol. The quantitative estimate of drug-likeness (QED) is 0.118. The summed E-state index contributed by atoms with van der Waals surface area (Å²) < 4.78 is 0. The van der Waals surface area contributed by atoms with E-state index in [2.05, 4.69) is 16.0 Å². The number of carbonyl (C=O) groups excluding carboxylic acids is 4. The van der Waals surface area contributed by atoms with Gasteiger partial charge in [0.05, 0.1) is 12.7 Å². The summed E-state index contributed by atoms with van der Waals surface area (Å²) in [5.41, 5.74) is 10.4. The lowest BCUT2D eigenvalue weighted by Gasteiger charge is -2.26. The van der Waals surface area contributed by atoms with Crippen molar-refractivity contribution in [3.8, 4) is 0 Å². The highest BCUT2D eigenvalue weighted by atomic mass is 32.2. The monoisotopic (exact) mass is 465 g/mol. The molecule has 0 aliphatic heterocycles. The van der Waals surface area contributed by atoms with Gasteiger partial charge in [-0.25, -0.2) is 4.79 Å². The maximum absolute atomic E-state index is 12.6. The van der Waals surface area contributed by atoms with Gasteiger partial charge in [-0.3, -0.25) is 19.2 Å². The van der Waals surface area contributed by atoms with Crippen LogP contribution in [0.5, 0.6) is 0 Å². The van der Waals surface area contributed by atoms with Crippen molar-refractivity contribution in [1.29, 1.82) is 0 Å². The number of hydrogen-bond acceptors (Lipinski definition) is 9. The summed E-state index contributed by atoms with van der Waals surface area (Å²) >= 11 is 1.40. The summed E-state index contributed by atoms with van der Waals surface area (Å²) in [7, 11) is 0. The second-order valence-corrected chi connectivity index (χ2v) is 7.75. The Morgan fingerprint density at radius 1 is 0.968 bits per heavy atom. The van der Waals surface area contributed by atoms with Gasteiger partial charge in [0.1, 0.15) is 24.2 Å². The molecule has 5 atom stereocenters. The Morgan fingerprint density at radius 2 is 1.55 bits per heavy atom. The van der Waals surface area contributed by atoms with Crippen molar-refractivity contribution in [3.05, 3.63) is 0 Å². The molecule has 5 unspecified atom stereocenters. The zero-order valence-electron chi connectivity index (χ0n) is 17.4. The molecule has 0 fully saturated rings. The van der Waals surface area contributed by atoms with E-state index in [1.807, 2.05) is 0 Å². The molecule has 0 aromatic carbocycles. The van der Waals surface area contributed by atoms with Crippen molar-refractivity contribution < 1.29 is 39.3 Å². The van der Waals surface area contributed by atoms with Crippen molar-refractivity contribution in [3.63, 3.8) is 0 Å². The lowest BCUT2D eigenvalue weighted by molar-refractivity contribution is -0.143. The summed E-state index contributed by atoms with van der Waals surface area (Å²) in [6.45, 7) is 0.574. The third-order valence-corrected chi connectivity index (χ3v) is 4.78. The number of carboxylic acid groups (broad SMARTS) is 1. The van der Waals surface area contributed by atoms with Crippen molar-refractivity contribution in [2.75, 3.05) is 18.6 Å². The average Bonchev–Trinajstić information content (AvgIpc) is 2.70. The van der Waals surface area contributed by atoms with Crippen LogP contribution in [0.1, 0.15) is 26.2 Å². The van der Waals surface area contributed by atoms with Crippen LogP contribution in [0.15, 0.2) is 0 Å². The van der Waals surface area contributed by atoms with Gasteiger partial charge in [-0.2, -0.15) is 11.8 Å². The number of primary amides is 1. The van der Waals surface area contributed by atoms with E-state index in [9.17, 15) is 34.2 Å². The molecule has 0 rings (SSSR count). The van der Waals surface area contributed by atoms with Crippen LogP contribution < -0.4 is 27.4 Å². The molecule has 0 spiro atoms. The van der Waals surface area contributed by atoms with Crippen molar-refractivity contribution in [2.45, 2.75) is 56.5 Å². The molecule has 178 valence electrons. The molecule has 0 saturated heterocycles.